The fourth-order valence-electron chi connectivity index (χ4n) is 4.81. The number of ether oxygens (including phenoxy) is 1. The molecule has 3 aliphatic rings. The molecular weight excluding hydrogens is 343 g/mol. The van der Waals surface area contributed by atoms with Gasteiger partial charge in [-0.25, -0.2) is 4.39 Å². The molecule has 2 fully saturated rings. The summed E-state index contributed by atoms with van der Waals surface area (Å²) in [5.74, 6) is -0.00513. The maximum atomic E-state index is 14.0. The molecule has 142 valence electrons. The standard InChI is InChI=1S/C22H25FN2O2/c23-14-5-6-21-19(11-14)22-18(17-3-1-2-4-20(17)24-21)12-16(27-22)13-25-9-7-15(26)8-10-25/h1-6,11,15-16,18,22,24,26H,7-10,12-13H2. The van der Waals surface area contributed by atoms with E-state index in [1.165, 1.54) is 11.6 Å². The molecule has 2 aromatic rings. The number of nitrogens with zero attached hydrogens (tertiary/aromatic N) is 1. The number of aliphatic hydroxyl groups excluding tert-OH is 1. The van der Waals surface area contributed by atoms with E-state index in [2.05, 4.69) is 28.4 Å². The maximum Gasteiger partial charge on any atom is 0.123 e. The summed E-state index contributed by atoms with van der Waals surface area (Å²) in [5, 5.41) is 13.2. The lowest BCUT2D eigenvalue weighted by Crippen LogP contribution is -2.40. The molecule has 0 saturated carbocycles. The monoisotopic (exact) mass is 368 g/mol. The van der Waals surface area contributed by atoms with Gasteiger partial charge in [0.25, 0.3) is 0 Å². The average molecular weight is 368 g/mol. The molecule has 0 amide bonds. The molecule has 5 heteroatoms. The molecule has 2 saturated heterocycles. The van der Waals surface area contributed by atoms with E-state index in [0.29, 0.717) is 0 Å². The average Bonchev–Trinajstić information content (AvgIpc) is 3.04. The minimum atomic E-state index is -0.225. The van der Waals surface area contributed by atoms with Gasteiger partial charge in [0.15, 0.2) is 0 Å². The van der Waals surface area contributed by atoms with Crippen molar-refractivity contribution >= 4 is 11.4 Å². The van der Waals surface area contributed by atoms with Crippen LogP contribution in [0.2, 0.25) is 0 Å². The molecule has 3 heterocycles. The third kappa shape index (κ3) is 3.24. The summed E-state index contributed by atoms with van der Waals surface area (Å²) in [6.07, 6.45) is 2.42. The van der Waals surface area contributed by atoms with Crippen LogP contribution in [0.5, 0.6) is 0 Å². The van der Waals surface area contributed by atoms with E-state index in [4.69, 9.17) is 4.74 Å². The van der Waals surface area contributed by atoms with Gasteiger partial charge in [-0.3, -0.25) is 0 Å². The Labute approximate surface area is 159 Å². The Morgan fingerprint density at radius 2 is 1.85 bits per heavy atom. The first kappa shape index (κ1) is 17.2. The highest BCUT2D eigenvalue weighted by Gasteiger charge is 2.41. The minimum absolute atomic E-state index is 0.123. The Bertz CT molecular complexity index is 835. The molecule has 0 aliphatic carbocycles. The van der Waals surface area contributed by atoms with Crippen LogP contribution in [0, 0.1) is 5.82 Å². The van der Waals surface area contributed by atoms with E-state index in [1.807, 2.05) is 12.1 Å². The van der Waals surface area contributed by atoms with Crippen molar-refractivity contribution < 1.29 is 14.2 Å². The number of hydrogen-bond donors (Lipinski definition) is 2. The van der Waals surface area contributed by atoms with Gasteiger partial charge < -0.3 is 20.1 Å². The molecule has 27 heavy (non-hydrogen) atoms. The first-order chi connectivity index (χ1) is 13.2. The van der Waals surface area contributed by atoms with E-state index >= 15 is 0 Å². The first-order valence-corrected chi connectivity index (χ1v) is 9.88. The van der Waals surface area contributed by atoms with Crippen molar-refractivity contribution in [3.8, 4) is 0 Å². The van der Waals surface area contributed by atoms with Crippen LogP contribution in [0.15, 0.2) is 42.5 Å². The Morgan fingerprint density at radius 3 is 2.70 bits per heavy atom. The van der Waals surface area contributed by atoms with E-state index in [-0.39, 0.29) is 30.0 Å². The van der Waals surface area contributed by atoms with Gasteiger partial charge in [0.1, 0.15) is 5.82 Å². The van der Waals surface area contributed by atoms with Crippen molar-refractivity contribution in [3.63, 3.8) is 0 Å². The molecule has 2 N–H and O–H groups in total. The molecule has 3 atom stereocenters. The van der Waals surface area contributed by atoms with Gasteiger partial charge in [-0.1, -0.05) is 18.2 Å². The van der Waals surface area contributed by atoms with Crippen molar-refractivity contribution in [1.29, 1.82) is 0 Å². The molecule has 3 unspecified atom stereocenters. The maximum absolute atomic E-state index is 14.0. The molecule has 0 radical (unpaired) electrons. The summed E-state index contributed by atoms with van der Waals surface area (Å²) < 4.78 is 20.5. The minimum Gasteiger partial charge on any atom is -0.393 e. The SMILES string of the molecule is OC1CCN(CC2CC3c4ccccc4Nc4ccc(F)cc4C3O2)CC1. The Morgan fingerprint density at radius 1 is 1.07 bits per heavy atom. The van der Waals surface area contributed by atoms with Crippen LogP contribution >= 0.6 is 0 Å². The van der Waals surface area contributed by atoms with Crippen LogP contribution < -0.4 is 5.32 Å². The smallest absolute Gasteiger partial charge is 0.123 e. The number of rotatable bonds is 2. The molecule has 3 aliphatic heterocycles. The van der Waals surface area contributed by atoms with Crippen molar-refractivity contribution in [2.45, 2.75) is 43.5 Å². The van der Waals surface area contributed by atoms with Gasteiger partial charge in [-0.15, -0.1) is 0 Å². The topological polar surface area (TPSA) is 44.7 Å². The zero-order chi connectivity index (χ0) is 18.4. The molecule has 4 nitrogen and oxygen atoms in total. The van der Waals surface area contributed by atoms with E-state index in [9.17, 15) is 9.50 Å². The first-order valence-electron chi connectivity index (χ1n) is 9.88. The van der Waals surface area contributed by atoms with Crippen molar-refractivity contribution in [2.75, 3.05) is 25.0 Å². The predicted octanol–water partition coefficient (Wildman–Crippen LogP) is 3.95. The van der Waals surface area contributed by atoms with E-state index in [1.54, 1.807) is 6.07 Å². The molecule has 0 bridgehead atoms. The van der Waals surface area contributed by atoms with Crippen LogP contribution in [0.3, 0.4) is 0 Å². The number of benzene rings is 2. The van der Waals surface area contributed by atoms with Crippen LogP contribution in [0.4, 0.5) is 15.8 Å². The van der Waals surface area contributed by atoms with E-state index in [0.717, 1.165) is 55.8 Å². The van der Waals surface area contributed by atoms with Crippen molar-refractivity contribution in [1.82, 2.24) is 4.90 Å². The van der Waals surface area contributed by atoms with E-state index < -0.39 is 0 Å². The normalized spacial score (nSPS) is 28.0. The number of fused-ring (bicyclic) bond motifs is 5. The highest BCUT2D eigenvalue weighted by molar-refractivity contribution is 5.70. The van der Waals surface area contributed by atoms with Crippen LogP contribution in [0.25, 0.3) is 0 Å². The molecule has 0 spiro atoms. The lowest BCUT2D eigenvalue weighted by Gasteiger charge is -2.31. The molecule has 2 aromatic carbocycles. The van der Waals surface area contributed by atoms with Crippen molar-refractivity contribution in [2.24, 2.45) is 0 Å². The van der Waals surface area contributed by atoms with Crippen LogP contribution in [-0.2, 0) is 4.74 Å². The van der Waals surface area contributed by atoms with Crippen LogP contribution in [0.1, 0.15) is 42.4 Å². The molecular formula is C22H25FN2O2. The number of nitrogens with one attached hydrogen (secondary N) is 1. The van der Waals surface area contributed by atoms with Gasteiger partial charge in [-0.05, 0) is 49.1 Å². The predicted molar refractivity (Wildman–Crippen MR) is 103 cm³/mol. The zero-order valence-electron chi connectivity index (χ0n) is 15.3. The quantitative estimate of drug-likeness (QED) is 0.842. The number of piperidine rings is 1. The number of aliphatic hydroxyl groups is 1. The van der Waals surface area contributed by atoms with Gasteiger partial charge in [0.2, 0.25) is 0 Å². The number of hydrogen-bond acceptors (Lipinski definition) is 4. The third-order valence-electron chi connectivity index (χ3n) is 6.19. The Kier molecular flexibility index (Phi) is 4.38. The largest absolute Gasteiger partial charge is 0.393 e. The van der Waals surface area contributed by atoms with Gasteiger partial charge in [0.05, 0.1) is 18.3 Å². The molecule has 0 aromatic heterocycles. The highest BCUT2D eigenvalue weighted by Crippen LogP contribution is 2.51. The van der Waals surface area contributed by atoms with Gasteiger partial charge in [-0.2, -0.15) is 0 Å². The second-order valence-electron chi connectivity index (χ2n) is 8.00. The van der Waals surface area contributed by atoms with Crippen molar-refractivity contribution in [3.05, 3.63) is 59.4 Å². The Balaban J connectivity index is 1.45. The van der Waals surface area contributed by atoms with Gasteiger partial charge >= 0.3 is 0 Å². The third-order valence-corrected chi connectivity index (χ3v) is 6.19. The highest BCUT2D eigenvalue weighted by atomic mass is 19.1. The second-order valence-corrected chi connectivity index (χ2v) is 8.00. The fourth-order valence-corrected chi connectivity index (χ4v) is 4.81. The summed E-state index contributed by atoms with van der Waals surface area (Å²) in [7, 11) is 0. The lowest BCUT2D eigenvalue weighted by atomic mass is 9.87. The number of halogens is 1. The van der Waals surface area contributed by atoms with Gasteiger partial charge in [0, 0.05) is 42.5 Å². The summed E-state index contributed by atoms with van der Waals surface area (Å²) in [6, 6.07) is 13.3. The zero-order valence-corrected chi connectivity index (χ0v) is 15.3. The summed E-state index contributed by atoms with van der Waals surface area (Å²) >= 11 is 0. The second kappa shape index (κ2) is 6.89. The number of para-hydroxylation sites is 1. The summed E-state index contributed by atoms with van der Waals surface area (Å²) in [6.45, 7) is 2.71. The Hall–Kier alpha value is -1.95. The summed E-state index contributed by atoms with van der Waals surface area (Å²) in [5.41, 5.74) is 4.17. The lowest BCUT2D eigenvalue weighted by molar-refractivity contribution is 0.00464. The number of likely N-dealkylation sites (tertiary alicyclic amines) is 1. The fraction of sp³-hybridized carbons (Fsp3) is 0.455. The number of anilines is 2. The summed E-state index contributed by atoms with van der Waals surface area (Å²) in [4.78, 5) is 2.39. The molecule has 5 rings (SSSR count). The van der Waals surface area contributed by atoms with Crippen LogP contribution in [-0.4, -0.2) is 41.8 Å².